The van der Waals surface area contributed by atoms with E-state index in [9.17, 15) is 12.8 Å². The van der Waals surface area contributed by atoms with Gasteiger partial charge in [0, 0.05) is 7.05 Å². The quantitative estimate of drug-likeness (QED) is 0.904. The SMILES string of the molecule is Cc1c(S(=O)(=O)Nc2ccc(F)c(Cl)c2)c(N)nn1C. The first kappa shape index (κ1) is 14.6. The first-order valence-electron chi connectivity index (χ1n) is 5.49. The Bertz CT molecular complexity index is 773. The van der Waals surface area contributed by atoms with Crippen molar-refractivity contribution in [2.45, 2.75) is 11.8 Å². The van der Waals surface area contributed by atoms with Crippen LogP contribution in [0.5, 0.6) is 0 Å². The Morgan fingerprint density at radius 1 is 1.45 bits per heavy atom. The number of aryl methyl sites for hydroxylation is 1. The number of hydrogen-bond acceptors (Lipinski definition) is 4. The molecule has 2 aromatic rings. The summed E-state index contributed by atoms with van der Waals surface area (Å²) in [6.07, 6.45) is 0. The molecule has 9 heteroatoms. The smallest absolute Gasteiger partial charge is 0.267 e. The Labute approximate surface area is 120 Å². The number of nitrogen functional groups attached to an aromatic ring is 1. The number of hydrogen-bond donors (Lipinski definition) is 2. The van der Waals surface area contributed by atoms with Crippen LogP contribution in [0, 0.1) is 12.7 Å². The van der Waals surface area contributed by atoms with E-state index in [1.807, 2.05) is 0 Å². The van der Waals surface area contributed by atoms with Crippen molar-refractivity contribution < 1.29 is 12.8 Å². The van der Waals surface area contributed by atoms with Gasteiger partial charge in [-0.1, -0.05) is 11.6 Å². The van der Waals surface area contributed by atoms with E-state index in [1.54, 1.807) is 14.0 Å². The molecule has 1 heterocycles. The second-order valence-electron chi connectivity index (χ2n) is 4.16. The topological polar surface area (TPSA) is 90.0 Å². The molecule has 0 atom stereocenters. The summed E-state index contributed by atoms with van der Waals surface area (Å²) < 4.78 is 41.2. The van der Waals surface area contributed by atoms with Gasteiger partial charge in [-0.3, -0.25) is 9.40 Å². The Morgan fingerprint density at radius 3 is 2.60 bits per heavy atom. The standard InChI is InChI=1S/C11H12ClFN4O2S/c1-6-10(11(14)15-17(6)2)20(18,19)16-7-3-4-9(13)8(12)5-7/h3-5,16H,1-2H3,(H2,14,15). The number of nitrogens with zero attached hydrogens (tertiary/aromatic N) is 2. The van der Waals surface area contributed by atoms with E-state index < -0.39 is 15.8 Å². The minimum atomic E-state index is -3.92. The molecule has 0 unspecified atom stereocenters. The van der Waals surface area contributed by atoms with Gasteiger partial charge in [-0.2, -0.15) is 5.10 Å². The molecular formula is C11H12ClFN4O2S. The molecule has 3 N–H and O–H groups in total. The van der Waals surface area contributed by atoms with E-state index in [0.29, 0.717) is 5.69 Å². The first-order chi connectivity index (χ1) is 9.22. The minimum Gasteiger partial charge on any atom is -0.381 e. The lowest BCUT2D eigenvalue weighted by Gasteiger charge is -2.08. The van der Waals surface area contributed by atoms with Crippen LogP contribution in [0.2, 0.25) is 5.02 Å². The van der Waals surface area contributed by atoms with Gasteiger partial charge in [-0.05, 0) is 25.1 Å². The number of anilines is 2. The summed E-state index contributed by atoms with van der Waals surface area (Å²) >= 11 is 5.60. The summed E-state index contributed by atoms with van der Waals surface area (Å²) in [7, 11) is -2.34. The van der Waals surface area contributed by atoms with Gasteiger partial charge >= 0.3 is 0 Å². The van der Waals surface area contributed by atoms with Crippen LogP contribution in [0.4, 0.5) is 15.9 Å². The molecule has 0 spiro atoms. The van der Waals surface area contributed by atoms with Gasteiger partial charge in [-0.25, -0.2) is 12.8 Å². The molecule has 0 bridgehead atoms. The highest BCUT2D eigenvalue weighted by atomic mass is 35.5. The molecule has 1 aromatic heterocycles. The maximum absolute atomic E-state index is 13.0. The van der Waals surface area contributed by atoms with E-state index in [-0.39, 0.29) is 21.4 Å². The largest absolute Gasteiger partial charge is 0.381 e. The van der Waals surface area contributed by atoms with Crippen LogP contribution in [-0.4, -0.2) is 18.2 Å². The van der Waals surface area contributed by atoms with Gasteiger partial charge in [0.25, 0.3) is 10.0 Å². The van der Waals surface area contributed by atoms with Gasteiger partial charge in [0.05, 0.1) is 16.4 Å². The normalized spacial score (nSPS) is 11.6. The number of rotatable bonds is 3. The molecule has 0 amide bonds. The molecule has 0 aliphatic carbocycles. The molecule has 20 heavy (non-hydrogen) atoms. The van der Waals surface area contributed by atoms with Crippen molar-refractivity contribution in [2.75, 3.05) is 10.5 Å². The van der Waals surface area contributed by atoms with Gasteiger partial charge in [0.15, 0.2) is 10.7 Å². The average molecular weight is 319 g/mol. The zero-order valence-electron chi connectivity index (χ0n) is 10.7. The van der Waals surface area contributed by atoms with Crippen molar-refractivity contribution in [1.29, 1.82) is 0 Å². The minimum absolute atomic E-state index is 0.106. The Morgan fingerprint density at radius 2 is 2.10 bits per heavy atom. The number of nitrogens with one attached hydrogen (secondary N) is 1. The summed E-state index contributed by atoms with van der Waals surface area (Å²) in [5.41, 5.74) is 6.13. The van der Waals surface area contributed by atoms with Gasteiger partial charge in [0.1, 0.15) is 5.82 Å². The highest BCUT2D eigenvalue weighted by Gasteiger charge is 2.24. The number of aromatic nitrogens is 2. The van der Waals surface area contributed by atoms with Crippen LogP contribution in [0.3, 0.4) is 0 Å². The number of benzene rings is 1. The van der Waals surface area contributed by atoms with Crippen LogP contribution in [0.1, 0.15) is 5.69 Å². The Balaban J connectivity index is 2.43. The molecule has 0 saturated carbocycles. The van der Waals surface area contributed by atoms with Crippen LogP contribution in [0.15, 0.2) is 23.1 Å². The molecule has 6 nitrogen and oxygen atoms in total. The van der Waals surface area contributed by atoms with Crippen LogP contribution >= 0.6 is 11.6 Å². The van der Waals surface area contributed by atoms with E-state index in [0.717, 1.165) is 6.07 Å². The van der Waals surface area contributed by atoms with Gasteiger partial charge < -0.3 is 5.73 Å². The van der Waals surface area contributed by atoms with Crippen LogP contribution in [0.25, 0.3) is 0 Å². The zero-order chi connectivity index (χ0) is 15.1. The van der Waals surface area contributed by atoms with E-state index in [2.05, 4.69) is 9.82 Å². The van der Waals surface area contributed by atoms with E-state index in [1.165, 1.54) is 16.8 Å². The number of halogens is 2. The zero-order valence-corrected chi connectivity index (χ0v) is 12.3. The molecule has 0 aliphatic heterocycles. The predicted octanol–water partition coefficient (Wildman–Crippen LogP) is 1.90. The summed E-state index contributed by atoms with van der Waals surface area (Å²) in [5, 5.41) is 3.66. The second kappa shape index (κ2) is 4.95. The van der Waals surface area contributed by atoms with Crippen LogP contribution < -0.4 is 10.5 Å². The first-order valence-corrected chi connectivity index (χ1v) is 7.35. The Hall–Kier alpha value is -1.80. The molecule has 0 fully saturated rings. The highest BCUT2D eigenvalue weighted by Crippen LogP contribution is 2.26. The number of sulfonamides is 1. The van der Waals surface area contributed by atoms with Crippen molar-refractivity contribution in [1.82, 2.24) is 9.78 Å². The van der Waals surface area contributed by atoms with Crippen molar-refractivity contribution in [2.24, 2.45) is 7.05 Å². The summed E-state index contributed by atoms with van der Waals surface area (Å²) in [6.45, 7) is 1.58. The monoisotopic (exact) mass is 318 g/mol. The highest BCUT2D eigenvalue weighted by molar-refractivity contribution is 7.93. The lowest BCUT2D eigenvalue weighted by atomic mass is 10.3. The molecule has 0 aliphatic rings. The Kier molecular flexibility index (Phi) is 3.61. The van der Waals surface area contributed by atoms with E-state index >= 15 is 0 Å². The molecule has 0 radical (unpaired) electrons. The van der Waals surface area contributed by atoms with Gasteiger partial charge in [-0.15, -0.1) is 0 Å². The average Bonchev–Trinajstić information content (AvgIpc) is 2.58. The van der Waals surface area contributed by atoms with Crippen molar-refractivity contribution in [3.63, 3.8) is 0 Å². The maximum Gasteiger partial charge on any atom is 0.267 e. The second-order valence-corrected chi connectivity index (χ2v) is 6.18. The summed E-state index contributed by atoms with van der Waals surface area (Å²) in [6, 6.07) is 3.51. The summed E-state index contributed by atoms with van der Waals surface area (Å²) in [5.74, 6) is -0.739. The van der Waals surface area contributed by atoms with E-state index in [4.69, 9.17) is 17.3 Å². The van der Waals surface area contributed by atoms with Crippen LogP contribution in [-0.2, 0) is 17.1 Å². The molecule has 0 saturated heterocycles. The molecule has 1 aromatic carbocycles. The third kappa shape index (κ3) is 2.56. The summed E-state index contributed by atoms with van der Waals surface area (Å²) in [4.78, 5) is -0.111. The fourth-order valence-electron chi connectivity index (χ4n) is 1.71. The fourth-order valence-corrected chi connectivity index (χ4v) is 3.27. The van der Waals surface area contributed by atoms with Crippen molar-refractivity contribution in [3.05, 3.63) is 34.7 Å². The fraction of sp³-hybridized carbons (Fsp3) is 0.182. The lowest BCUT2D eigenvalue weighted by Crippen LogP contribution is -2.15. The van der Waals surface area contributed by atoms with Crippen molar-refractivity contribution >= 4 is 33.1 Å². The lowest BCUT2D eigenvalue weighted by molar-refractivity contribution is 0.600. The number of nitrogens with two attached hydrogens (primary N) is 1. The predicted molar refractivity (Wildman–Crippen MR) is 74.6 cm³/mol. The van der Waals surface area contributed by atoms with Gasteiger partial charge in [0.2, 0.25) is 0 Å². The third-order valence-corrected chi connectivity index (χ3v) is 4.58. The maximum atomic E-state index is 13.0. The third-order valence-electron chi connectivity index (χ3n) is 2.74. The molecule has 2 rings (SSSR count). The van der Waals surface area contributed by atoms with Crippen molar-refractivity contribution in [3.8, 4) is 0 Å². The molecule has 108 valence electrons. The molecular weight excluding hydrogens is 307 g/mol.